The number of hydrogen-bond donors (Lipinski definition) is 1. The molecule has 0 spiro atoms. The fourth-order valence-electron chi connectivity index (χ4n) is 4.06. The van der Waals surface area contributed by atoms with Crippen LogP contribution in [0.25, 0.3) is 0 Å². The highest BCUT2D eigenvalue weighted by Crippen LogP contribution is 2.30. The average Bonchev–Trinajstić information content (AvgIpc) is 2.83. The number of amides is 2. The topological polar surface area (TPSA) is 86.8 Å². The fraction of sp³-hybridized carbons (Fsp3) is 0.481. The van der Waals surface area contributed by atoms with E-state index in [1.54, 1.807) is 30.3 Å². The van der Waals surface area contributed by atoms with Gasteiger partial charge < -0.3 is 10.2 Å². The first-order chi connectivity index (χ1) is 17.4. The number of carbonyl (C=O) groups is 2. The van der Waals surface area contributed by atoms with Crippen LogP contribution in [-0.2, 0) is 26.2 Å². The van der Waals surface area contributed by atoms with Crippen LogP contribution < -0.4 is 9.62 Å². The van der Waals surface area contributed by atoms with E-state index in [-0.39, 0.29) is 18.4 Å². The van der Waals surface area contributed by atoms with Gasteiger partial charge in [0.1, 0.15) is 12.6 Å². The average molecular weight is 571 g/mol. The first-order valence-electron chi connectivity index (χ1n) is 12.5. The third kappa shape index (κ3) is 8.62. The Bertz CT molecular complexity index is 1190. The van der Waals surface area contributed by atoms with E-state index in [0.717, 1.165) is 29.0 Å². The van der Waals surface area contributed by atoms with Crippen LogP contribution >= 0.6 is 23.2 Å². The maximum Gasteiger partial charge on any atom is 0.244 e. The SMILES string of the molecule is CCCCNC(=O)[C@H](CC)N(Cc1ccc(Cl)c(Cl)c1)C(=O)CN(c1ccccc1C(C)C)S(C)(=O)=O. The molecule has 0 radical (unpaired) electrons. The lowest BCUT2D eigenvalue weighted by Gasteiger charge is -2.33. The van der Waals surface area contributed by atoms with Crippen molar-refractivity contribution in [2.45, 2.75) is 65.5 Å². The zero-order valence-electron chi connectivity index (χ0n) is 22.1. The van der Waals surface area contributed by atoms with E-state index in [0.29, 0.717) is 34.3 Å². The van der Waals surface area contributed by atoms with Gasteiger partial charge >= 0.3 is 0 Å². The summed E-state index contributed by atoms with van der Waals surface area (Å²) >= 11 is 12.3. The molecule has 0 fully saturated rings. The number of sulfonamides is 1. The molecule has 2 aromatic rings. The number of nitrogens with one attached hydrogen (secondary N) is 1. The molecule has 0 saturated carbocycles. The number of halogens is 2. The maximum atomic E-state index is 13.8. The zero-order valence-corrected chi connectivity index (χ0v) is 24.5. The van der Waals surface area contributed by atoms with Crippen molar-refractivity contribution in [2.24, 2.45) is 0 Å². The Labute approximate surface area is 231 Å². The van der Waals surface area contributed by atoms with Crippen molar-refractivity contribution in [1.29, 1.82) is 0 Å². The minimum atomic E-state index is -3.81. The van der Waals surface area contributed by atoms with Gasteiger partial charge in [0.05, 0.1) is 22.0 Å². The van der Waals surface area contributed by atoms with E-state index in [4.69, 9.17) is 23.2 Å². The van der Waals surface area contributed by atoms with Crippen molar-refractivity contribution < 1.29 is 18.0 Å². The lowest BCUT2D eigenvalue weighted by molar-refractivity contribution is -0.140. The highest BCUT2D eigenvalue weighted by molar-refractivity contribution is 7.92. The van der Waals surface area contributed by atoms with Gasteiger partial charge in [-0.1, -0.05) is 81.6 Å². The molecule has 0 aliphatic rings. The van der Waals surface area contributed by atoms with Crippen LogP contribution in [0.2, 0.25) is 10.0 Å². The summed E-state index contributed by atoms with van der Waals surface area (Å²) in [6, 6.07) is 11.4. The Kier molecular flexibility index (Phi) is 11.7. The summed E-state index contributed by atoms with van der Waals surface area (Å²) in [5, 5.41) is 3.61. The van der Waals surface area contributed by atoms with E-state index in [2.05, 4.69) is 5.32 Å². The van der Waals surface area contributed by atoms with Gasteiger partial charge in [0.2, 0.25) is 21.8 Å². The minimum absolute atomic E-state index is 0.0376. The number of benzene rings is 2. The monoisotopic (exact) mass is 569 g/mol. The molecule has 10 heteroatoms. The van der Waals surface area contributed by atoms with Crippen molar-refractivity contribution in [1.82, 2.24) is 10.2 Å². The standard InChI is InChI=1S/C27H37Cl2N3O4S/c1-6-8-15-30-27(34)24(7-2)31(17-20-13-14-22(28)23(29)16-20)26(33)18-32(37(5,35)36)25-12-10-9-11-21(25)19(3)4/h9-14,16,19,24H,6-8,15,17-18H2,1-5H3,(H,30,34)/t24-/m0/s1. The molecule has 1 N–H and O–H groups in total. The second kappa shape index (κ2) is 14.0. The van der Waals surface area contributed by atoms with Crippen LogP contribution in [0, 0.1) is 0 Å². The van der Waals surface area contributed by atoms with Gasteiger partial charge in [-0.2, -0.15) is 0 Å². The molecule has 0 unspecified atom stereocenters. The van der Waals surface area contributed by atoms with Crippen molar-refractivity contribution in [3.8, 4) is 0 Å². The third-order valence-electron chi connectivity index (χ3n) is 6.06. The van der Waals surface area contributed by atoms with Gasteiger partial charge in [-0.05, 0) is 48.1 Å². The first-order valence-corrected chi connectivity index (χ1v) is 15.1. The second-order valence-electron chi connectivity index (χ2n) is 9.32. The quantitative estimate of drug-likeness (QED) is 0.318. The van der Waals surface area contributed by atoms with Crippen LogP contribution in [0.5, 0.6) is 0 Å². The number of rotatable bonds is 13. The first kappa shape index (κ1) is 30.9. The van der Waals surface area contributed by atoms with Gasteiger partial charge in [0, 0.05) is 13.1 Å². The lowest BCUT2D eigenvalue weighted by atomic mass is 10.0. The third-order valence-corrected chi connectivity index (χ3v) is 7.92. The van der Waals surface area contributed by atoms with E-state index >= 15 is 0 Å². The highest BCUT2D eigenvalue weighted by Gasteiger charge is 2.32. The maximum absolute atomic E-state index is 13.8. The molecule has 2 amide bonds. The fourth-order valence-corrected chi connectivity index (χ4v) is 5.25. The van der Waals surface area contributed by atoms with Crippen LogP contribution in [0.4, 0.5) is 5.69 Å². The number of carbonyl (C=O) groups excluding carboxylic acids is 2. The number of nitrogens with zero attached hydrogens (tertiary/aromatic N) is 2. The van der Waals surface area contributed by atoms with Gasteiger partial charge in [-0.25, -0.2) is 8.42 Å². The van der Waals surface area contributed by atoms with Crippen LogP contribution in [0.3, 0.4) is 0 Å². The molecule has 0 saturated heterocycles. The summed E-state index contributed by atoms with van der Waals surface area (Å²) in [6.45, 7) is 7.90. The van der Waals surface area contributed by atoms with Crippen molar-refractivity contribution in [3.63, 3.8) is 0 Å². The lowest BCUT2D eigenvalue weighted by Crippen LogP contribution is -2.52. The Morgan fingerprint density at radius 1 is 1.03 bits per heavy atom. The molecule has 2 aromatic carbocycles. The van der Waals surface area contributed by atoms with Crippen LogP contribution in [0.15, 0.2) is 42.5 Å². The number of unbranched alkanes of at least 4 members (excludes halogenated alkanes) is 1. The Balaban J connectivity index is 2.49. The molecular weight excluding hydrogens is 533 g/mol. The summed E-state index contributed by atoms with van der Waals surface area (Å²) in [4.78, 5) is 28.4. The predicted molar refractivity (Wildman–Crippen MR) is 152 cm³/mol. The molecular formula is C27H37Cl2N3O4S. The second-order valence-corrected chi connectivity index (χ2v) is 12.0. The van der Waals surface area contributed by atoms with E-state index in [1.165, 1.54) is 4.90 Å². The molecule has 0 aliphatic heterocycles. The van der Waals surface area contributed by atoms with Gasteiger partial charge in [-0.15, -0.1) is 0 Å². The van der Waals surface area contributed by atoms with Gasteiger partial charge in [0.15, 0.2) is 0 Å². The summed E-state index contributed by atoms with van der Waals surface area (Å²) < 4.78 is 26.9. The molecule has 0 aliphatic carbocycles. The molecule has 204 valence electrons. The summed E-state index contributed by atoms with van der Waals surface area (Å²) in [6.07, 6.45) is 3.17. The van der Waals surface area contributed by atoms with Gasteiger partial charge in [0.25, 0.3) is 0 Å². The summed E-state index contributed by atoms with van der Waals surface area (Å²) in [5.74, 6) is -0.735. The number of anilines is 1. The molecule has 2 rings (SSSR count). The highest BCUT2D eigenvalue weighted by atomic mass is 35.5. The molecule has 37 heavy (non-hydrogen) atoms. The van der Waals surface area contributed by atoms with Crippen LogP contribution in [-0.4, -0.2) is 50.5 Å². The van der Waals surface area contributed by atoms with Gasteiger partial charge in [-0.3, -0.25) is 13.9 Å². The molecule has 0 bridgehead atoms. The molecule has 0 heterocycles. The summed E-state index contributed by atoms with van der Waals surface area (Å²) in [7, 11) is -3.81. The van der Waals surface area contributed by atoms with Crippen molar-refractivity contribution in [2.75, 3.05) is 23.7 Å². The van der Waals surface area contributed by atoms with Crippen molar-refractivity contribution >= 4 is 50.7 Å². The van der Waals surface area contributed by atoms with Crippen LogP contribution in [0.1, 0.15) is 64.0 Å². The molecule has 1 atom stereocenters. The Morgan fingerprint density at radius 2 is 1.70 bits per heavy atom. The van der Waals surface area contributed by atoms with E-state index < -0.39 is 28.5 Å². The Morgan fingerprint density at radius 3 is 2.27 bits per heavy atom. The Hall–Kier alpha value is -2.29. The largest absolute Gasteiger partial charge is 0.354 e. The zero-order chi connectivity index (χ0) is 27.8. The molecule has 0 aromatic heterocycles. The smallest absolute Gasteiger partial charge is 0.244 e. The van der Waals surface area contributed by atoms with Crippen molar-refractivity contribution in [3.05, 3.63) is 63.6 Å². The minimum Gasteiger partial charge on any atom is -0.354 e. The van der Waals surface area contributed by atoms with E-state index in [9.17, 15) is 18.0 Å². The molecule has 7 nitrogen and oxygen atoms in total. The normalized spacial score (nSPS) is 12.3. The number of para-hydroxylation sites is 1. The predicted octanol–water partition coefficient (Wildman–Crippen LogP) is 5.61. The summed E-state index contributed by atoms with van der Waals surface area (Å²) in [5.41, 5.74) is 1.93. The number of hydrogen-bond acceptors (Lipinski definition) is 4. The van der Waals surface area contributed by atoms with E-state index in [1.807, 2.05) is 39.8 Å².